The van der Waals surface area contributed by atoms with Crippen LogP contribution in [0.15, 0.2) is 45.7 Å². The van der Waals surface area contributed by atoms with Gasteiger partial charge in [0.05, 0.1) is 5.02 Å². The quantitative estimate of drug-likeness (QED) is 0.284. The van der Waals surface area contributed by atoms with E-state index in [9.17, 15) is 24.6 Å². The number of H-pyrrole nitrogens is 1. The van der Waals surface area contributed by atoms with Gasteiger partial charge in [0.15, 0.2) is 6.10 Å². The standard InChI is InChI=1S/C25H23ClN2O7/c1-11-12(2)25(33)35-21-9-22(18(26)8-16(11)21)34-13(3)23(30)28-20(24(31)32)6-14-10-27-19-5-4-15(29)7-17(14)19/h4-5,7-10,13,20,27,29H,6H2,1-3H3,(H,28,30)(H,31,32). The van der Waals surface area contributed by atoms with Crippen LogP contribution in [0.1, 0.15) is 23.6 Å². The molecular formula is C25H23ClN2O7. The maximum absolute atomic E-state index is 12.8. The summed E-state index contributed by atoms with van der Waals surface area (Å²) in [5.41, 5.74) is 2.33. The molecule has 4 aromatic rings. The molecule has 2 heterocycles. The Morgan fingerprint density at radius 3 is 2.63 bits per heavy atom. The molecule has 0 fully saturated rings. The van der Waals surface area contributed by atoms with Gasteiger partial charge in [0, 0.05) is 40.5 Å². The molecule has 10 heteroatoms. The monoisotopic (exact) mass is 498 g/mol. The number of carboxylic acids is 1. The van der Waals surface area contributed by atoms with Gasteiger partial charge in [0.1, 0.15) is 23.1 Å². The number of aromatic hydroxyl groups is 1. The summed E-state index contributed by atoms with van der Waals surface area (Å²) < 4.78 is 11.0. The molecule has 2 aromatic heterocycles. The van der Waals surface area contributed by atoms with Crippen molar-refractivity contribution in [2.75, 3.05) is 0 Å². The van der Waals surface area contributed by atoms with E-state index in [1.807, 2.05) is 0 Å². The molecule has 0 spiro atoms. The van der Waals surface area contributed by atoms with E-state index in [2.05, 4.69) is 10.3 Å². The normalized spacial score (nSPS) is 13.0. The number of benzene rings is 2. The van der Waals surface area contributed by atoms with Crippen LogP contribution in [0.5, 0.6) is 11.5 Å². The third-order valence-electron chi connectivity index (χ3n) is 5.97. The van der Waals surface area contributed by atoms with Crippen molar-refractivity contribution in [3.05, 3.63) is 68.7 Å². The van der Waals surface area contributed by atoms with Crippen molar-refractivity contribution in [3.63, 3.8) is 0 Å². The Balaban J connectivity index is 1.52. The fourth-order valence-corrected chi connectivity index (χ4v) is 4.03. The number of ether oxygens (including phenoxy) is 1. The highest BCUT2D eigenvalue weighted by molar-refractivity contribution is 6.32. The first-order valence-corrected chi connectivity index (χ1v) is 11.1. The first-order chi connectivity index (χ1) is 16.5. The van der Waals surface area contributed by atoms with E-state index >= 15 is 0 Å². The Morgan fingerprint density at radius 2 is 1.91 bits per heavy atom. The number of halogens is 1. The van der Waals surface area contributed by atoms with E-state index in [1.165, 1.54) is 25.1 Å². The smallest absolute Gasteiger partial charge is 0.339 e. The summed E-state index contributed by atoms with van der Waals surface area (Å²) in [4.78, 5) is 39.7. The molecule has 1 amide bonds. The lowest BCUT2D eigenvalue weighted by atomic mass is 10.0. The molecule has 0 radical (unpaired) electrons. The second-order valence-electron chi connectivity index (χ2n) is 8.33. The zero-order valence-corrected chi connectivity index (χ0v) is 19.9. The van der Waals surface area contributed by atoms with Gasteiger partial charge in [0.2, 0.25) is 0 Å². The van der Waals surface area contributed by atoms with Crippen molar-refractivity contribution >= 4 is 45.3 Å². The van der Waals surface area contributed by atoms with Crippen molar-refractivity contribution in [1.29, 1.82) is 0 Å². The second-order valence-corrected chi connectivity index (χ2v) is 8.73. The average Bonchev–Trinajstić information content (AvgIpc) is 3.20. The fraction of sp³-hybridized carbons (Fsp3) is 0.240. The Bertz CT molecular complexity index is 1520. The molecule has 2 aromatic carbocycles. The number of carbonyl (C=O) groups is 2. The number of hydrogen-bond acceptors (Lipinski definition) is 6. The summed E-state index contributed by atoms with van der Waals surface area (Å²) in [5, 5.41) is 23.4. The predicted octanol–water partition coefficient (Wildman–Crippen LogP) is 3.83. The summed E-state index contributed by atoms with van der Waals surface area (Å²) in [6, 6.07) is 6.50. The maximum atomic E-state index is 12.8. The minimum atomic E-state index is -1.24. The molecule has 2 atom stereocenters. The Kier molecular flexibility index (Phi) is 6.45. The van der Waals surface area contributed by atoms with Crippen LogP contribution in [0.2, 0.25) is 5.02 Å². The van der Waals surface area contributed by atoms with E-state index in [0.717, 1.165) is 11.1 Å². The largest absolute Gasteiger partial charge is 0.508 e. The van der Waals surface area contributed by atoms with Crippen LogP contribution in [0, 0.1) is 13.8 Å². The number of rotatable bonds is 7. The predicted molar refractivity (Wildman–Crippen MR) is 130 cm³/mol. The number of aromatic amines is 1. The molecule has 182 valence electrons. The molecule has 4 N–H and O–H groups in total. The Hall–Kier alpha value is -3.98. The molecule has 35 heavy (non-hydrogen) atoms. The highest BCUT2D eigenvalue weighted by Crippen LogP contribution is 2.32. The zero-order chi connectivity index (χ0) is 25.4. The lowest BCUT2D eigenvalue weighted by Gasteiger charge is -2.19. The minimum absolute atomic E-state index is 0.0161. The number of carbonyl (C=O) groups excluding carboxylic acids is 1. The van der Waals surface area contributed by atoms with Crippen LogP contribution in [0.25, 0.3) is 21.9 Å². The van der Waals surface area contributed by atoms with Crippen molar-refractivity contribution in [2.45, 2.75) is 39.3 Å². The van der Waals surface area contributed by atoms with E-state index in [-0.39, 0.29) is 28.5 Å². The molecule has 0 aliphatic carbocycles. The number of fused-ring (bicyclic) bond motifs is 2. The maximum Gasteiger partial charge on any atom is 0.339 e. The number of hydrogen-bond donors (Lipinski definition) is 4. The van der Waals surface area contributed by atoms with Crippen LogP contribution in [-0.4, -0.2) is 39.2 Å². The number of phenols is 1. The van der Waals surface area contributed by atoms with E-state index in [1.54, 1.807) is 32.2 Å². The van der Waals surface area contributed by atoms with E-state index < -0.39 is 29.6 Å². The van der Waals surface area contributed by atoms with Crippen LogP contribution in [-0.2, 0) is 16.0 Å². The van der Waals surface area contributed by atoms with E-state index in [0.29, 0.717) is 21.9 Å². The molecule has 2 unspecified atom stereocenters. The number of aryl methyl sites for hydroxylation is 1. The number of amides is 1. The van der Waals surface area contributed by atoms with Crippen LogP contribution in [0.4, 0.5) is 0 Å². The highest BCUT2D eigenvalue weighted by Gasteiger charge is 2.26. The highest BCUT2D eigenvalue weighted by atomic mass is 35.5. The van der Waals surface area contributed by atoms with Gasteiger partial charge < -0.3 is 29.7 Å². The van der Waals surface area contributed by atoms with Gasteiger partial charge >= 0.3 is 11.6 Å². The first-order valence-electron chi connectivity index (χ1n) is 10.8. The number of aromatic nitrogens is 1. The summed E-state index contributed by atoms with van der Waals surface area (Å²) in [6.07, 6.45) is 0.521. The van der Waals surface area contributed by atoms with Gasteiger partial charge in [0.25, 0.3) is 5.91 Å². The van der Waals surface area contributed by atoms with Crippen LogP contribution >= 0.6 is 11.6 Å². The van der Waals surface area contributed by atoms with Crippen molar-refractivity contribution in [2.24, 2.45) is 0 Å². The summed E-state index contributed by atoms with van der Waals surface area (Å²) in [6.45, 7) is 4.89. The zero-order valence-electron chi connectivity index (χ0n) is 19.1. The van der Waals surface area contributed by atoms with Crippen LogP contribution < -0.4 is 15.7 Å². The molecule has 4 rings (SSSR count). The van der Waals surface area contributed by atoms with Gasteiger partial charge in [-0.3, -0.25) is 4.79 Å². The average molecular weight is 499 g/mol. The van der Waals surface area contributed by atoms with Crippen molar-refractivity contribution in [3.8, 4) is 11.5 Å². The second kappa shape index (κ2) is 9.34. The molecule has 0 bridgehead atoms. The number of phenolic OH excluding ortho intramolecular Hbond substituents is 1. The molecular weight excluding hydrogens is 476 g/mol. The molecule has 9 nitrogen and oxygen atoms in total. The lowest BCUT2D eigenvalue weighted by Crippen LogP contribution is -2.47. The van der Waals surface area contributed by atoms with Gasteiger partial charge in [-0.05, 0) is 56.2 Å². The molecule has 0 saturated carbocycles. The number of aliphatic carboxylic acids is 1. The fourth-order valence-electron chi connectivity index (χ4n) is 3.82. The topological polar surface area (TPSA) is 142 Å². The van der Waals surface area contributed by atoms with E-state index in [4.69, 9.17) is 20.8 Å². The SMILES string of the molecule is Cc1c(C)c2cc(Cl)c(OC(C)C(=O)NC(Cc3c[nH]c4ccc(O)cc34)C(=O)O)cc2oc1=O. The lowest BCUT2D eigenvalue weighted by molar-refractivity contribution is -0.142. The summed E-state index contributed by atoms with van der Waals surface area (Å²) >= 11 is 6.34. The summed E-state index contributed by atoms with van der Waals surface area (Å²) in [5.74, 6) is -1.73. The first kappa shape index (κ1) is 24.2. The minimum Gasteiger partial charge on any atom is -0.508 e. The number of carboxylic acid groups (broad SMARTS) is 1. The molecule has 0 aliphatic heterocycles. The Morgan fingerprint density at radius 1 is 1.17 bits per heavy atom. The van der Waals surface area contributed by atoms with Gasteiger partial charge in [-0.2, -0.15) is 0 Å². The van der Waals surface area contributed by atoms with Crippen molar-refractivity contribution < 1.29 is 29.0 Å². The molecule has 0 aliphatic rings. The third-order valence-corrected chi connectivity index (χ3v) is 6.27. The summed E-state index contributed by atoms with van der Waals surface area (Å²) in [7, 11) is 0. The van der Waals surface area contributed by atoms with Crippen molar-refractivity contribution in [1.82, 2.24) is 10.3 Å². The van der Waals surface area contributed by atoms with Gasteiger partial charge in [-0.15, -0.1) is 0 Å². The molecule has 0 saturated heterocycles. The van der Waals surface area contributed by atoms with Gasteiger partial charge in [-0.1, -0.05) is 11.6 Å². The Labute approximate surface area is 204 Å². The third kappa shape index (κ3) is 4.81. The van der Waals surface area contributed by atoms with Gasteiger partial charge in [-0.25, -0.2) is 9.59 Å². The van der Waals surface area contributed by atoms with Crippen LogP contribution in [0.3, 0.4) is 0 Å². The number of nitrogens with one attached hydrogen (secondary N) is 2.